The maximum absolute atomic E-state index is 15.1. The maximum Gasteiger partial charge on any atom is 0.248 e. The lowest BCUT2D eigenvalue weighted by atomic mass is 9.88. The maximum atomic E-state index is 15.1. The summed E-state index contributed by atoms with van der Waals surface area (Å²) in [5.41, 5.74) is 4.00. The summed E-state index contributed by atoms with van der Waals surface area (Å²) in [7, 11) is 1.54. The van der Waals surface area contributed by atoms with E-state index in [1.807, 2.05) is 30.0 Å². The Morgan fingerprint density at radius 2 is 1.77 bits per heavy atom. The number of piperidine rings is 2. The highest BCUT2D eigenvalue weighted by molar-refractivity contribution is 5.77. The molecule has 212 valence electrons. The highest BCUT2D eigenvalue weighted by Gasteiger charge is 2.24. The number of pyridine rings is 1. The first-order valence-electron chi connectivity index (χ1n) is 14.1. The fourth-order valence-corrected chi connectivity index (χ4v) is 5.73. The van der Waals surface area contributed by atoms with Gasteiger partial charge in [-0.05, 0) is 79.8 Å². The van der Waals surface area contributed by atoms with E-state index in [0.29, 0.717) is 17.2 Å². The second-order valence-corrected chi connectivity index (χ2v) is 10.8. The number of aromatic nitrogens is 1. The van der Waals surface area contributed by atoms with Crippen molar-refractivity contribution < 1.29 is 23.0 Å². The fourth-order valence-electron chi connectivity index (χ4n) is 5.73. The lowest BCUT2D eigenvalue weighted by molar-refractivity contribution is -0.136. The van der Waals surface area contributed by atoms with Gasteiger partial charge in [0.15, 0.2) is 11.6 Å². The molecule has 1 amide bonds. The smallest absolute Gasteiger partial charge is 0.248 e. The molecule has 0 bridgehead atoms. The van der Waals surface area contributed by atoms with Crippen LogP contribution in [-0.2, 0) is 16.1 Å². The Kier molecular flexibility index (Phi) is 8.94. The summed E-state index contributed by atoms with van der Waals surface area (Å²) >= 11 is 0. The van der Waals surface area contributed by atoms with E-state index in [0.717, 1.165) is 74.9 Å². The summed E-state index contributed by atoms with van der Waals surface area (Å²) in [6.07, 6.45) is 5.23. The first-order chi connectivity index (χ1) is 19.4. The average molecular weight is 550 g/mol. The summed E-state index contributed by atoms with van der Waals surface area (Å²) in [5, 5.41) is 0. The molecule has 0 spiro atoms. The van der Waals surface area contributed by atoms with Crippen LogP contribution in [0.5, 0.6) is 5.75 Å². The second kappa shape index (κ2) is 12.8. The fraction of sp³-hybridized carbons (Fsp3) is 0.438. The number of methoxy groups -OCH3 is 1. The van der Waals surface area contributed by atoms with Crippen molar-refractivity contribution in [3.8, 4) is 17.0 Å². The van der Waals surface area contributed by atoms with E-state index in [4.69, 9.17) is 14.5 Å². The molecule has 5 rings (SSSR count). The largest absolute Gasteiger partial charge is 0.485 e. The van der Waals surface area contributed by atoms with E-state index in [-0.39, 0.29) is 24.9 Å². The van der Waals surface area contributed by atoms with E-state index in [1.54, 1.807) is 6.07 Å². The van der Waals surface area contributed by atoms with Crippen molar-refractivity contribution in [2.24, 2.45) is 0 Å². The lowest BCUT2D eigenvalue weighted by Gasteiger charge is -2.32. The van der Waals surface area contributed by atoms with Gasteiger partial charge in [-0.3, -0.25) is 4.79 Å². The molecule has 3 heterocycles. The molecule has 2 fully saturated rings. The Labute approximate surface area is 234 Å². The zero-order valence-electron chi connectivity index (χ0n) is 23.3. The summed E-state index contributed by atoms with van der Waals surface area (Å²) in [6, 6.07) is 14.0. The van der Waals surface area contributed by atoms with Crippen molar-refractivity contribution in [3.05, 3.63) is 76.9 Å². The van der Waals surface area contributed by atoms with Crippen molar-refractivity contribution >= 4 is 11.7 Å². The summed E-state index contributed by atoms with van der Waals surface area (Å²) in [4.78, 5) is 20.9. The Morgan fingerprint density at radius 3 is 2.50 bits per heavy atom. The number of ether oxygens (including phenoxy) is 2. The molecular weight excluding hydrogens is 512 g/mol. The molecule has 3 aromatic rings. The van der Waals surface area contributed by atoms with Gasteiger partial charge in [0.25, 0.3) is 0 Å². The number of amides is 1. The van der Waals surface area contributed by atoms with Crippen LogP contribution < -0.4 is 9.64 Å². The van der Waals surface area contributed by atoms with Gasteiger partial charge in [-0.15, -0.1) is 0 Å². The summed E-state index contributed by atoms with van der Waals surface area (Å²) < 4.78 is 40.4. The Hall–Kier alpha value is -3.52. The molecule has 2 saturated heterocycles. The Morgan fingerprint density at radius 1 is 1.00 bits per heavy atom. The third-order valence-electron chi connectivity index (χ3n) is 8.02. The highest BCUT2D eigenvalue weighted by Crippen LogP contribution is 2.35. The van der Waals surface area contributed by atoms with Crippen LogP contribution in [0.2, 0.25) is 0 Å². The molecule has 0 unspecified atom stereocenters. The Bertz CT molecular complexity index is 1330. The molecule has 2 aliphatic rings. The molecule has 0 aliphatic carbocycles. The van der Waals surface area contributed by atoms with Crippen LogP contribution >= 0.6 is 0 Å². The minimum absolute atomic E-state index is 0.00117. The number of carbonyl (C=O) groups is 1. The molecule has 6 nitrogen and oxygen atoms in total. The quantitative estimate of drug-likeness (QED) is 0.332. The predicted octanol–water partition coefficient (Wildman–Crippen LogP) is 6.26. The normalized spacial score (nSPS) is 16.3. The minimum Gasteiger partial charge on any atom is -0.485 e. The van der Waals surface area contributed by atoms with Crippen LogP contribution in [0.4, 0.5) is 14.6 Å². The van der Waals surface area contributed by atoms with E-state index in [1.165, 1.54) is 25.2 Å². The van der Waals surface area contributed by atoms with Crippen LogP contribution in [0.1, 0.15) is 54.7 Å². The number of likely N-dealkylation sites (tertiary alicyclic amines) is 1. The first-order valence-corrected chi connectivity index (χ1v) is 14.1. The van der Waals surface area contributed by atoms with Crippen LogP contribution in [0.3, 0.4) is 0 Å². The van der Waals surface area contributed by atoms with Crippen molar-refractivity contribution in [2.45, 2.75) is 51.6 Å². The van der Waals surface area contributed by atoms with Crippen LogP contribution in [0, 0.1) is 18.6 Å². The number of anilines is 1. The zero-order valence-corrected chi connectivity index (χ0v) is 23.3. The summed E-state index contributed by atoms with van der Waals surface area (Å²) in [5.74, 6) is -0.190. The van der Waals surface area contributed by atoms with Crippen molar-refractivity contribution in [2.75, 3.05) is 44.8 Å². The molecule has 2 aromatic carbocycles. The van der Waals surface area contributed by atoms with Crippen LogP contribution in [-0.4, -0.2) is 55.7 Å². The SMILES string of the molecule is COCC(=O)N1CCC(c2ccc(COc3c(F)cc(F)cc3-c3cccc(N4CCCCC4)n3)c(C)c2)CC1. The van der Waals surface area contributed by atoms with Gasteiger partial charge in [0.05, 0.1) is 5.69 Å². The van der Waals surface area contributed by atoms with Crippen molar-refractivity contribution in [3.63, 3.8) is 0 Å². The number of benzene rings is 2. The standard InChI is InChI=1S/C32H37F2N3O3/c1-22-17-24(23-11-15-37(16-12-23)31(38)21-39-2)9-10-25(22)20-40-32-27(18-26(33)19-28(32)34)29-7-6-8-30(35-29)36-13-4-3-5-14-36/h6-10,17-19,23H,3-5,11-16,20-21H2,1-2H3. The summed E-state index contributed by atoms with van der Waals surface area (Å²) in [6.45, 7) is 5.58. The molecule has 0 radical (unpaired) electrons. The van der Waals surface area contributed by atoms with Crippen LogP contribution in [0.25, 0.3) is 11.3 Å². The van der Waals surface area contributed by atoms with Gasteiger partial charge in [0, 0.05) is 44.9 Å². The molecule has 8 heteroatoms. The van der Waals surface area contributed by atoms with Crippen LogP contribution in [0.15, 0.2) is 48.5 Å². The third kappa shape index (κ3) is 6.44. The van der Waals surface area contributed by atoms with Gasteiger partial charge >= 0.3 is 0 Å². The molecule has 40 heavy (non-hydrogen) atoms. The minimum atomic E-state index is -0.746. The highest BCUT2D eigenvalue weighted by atomic mass is 19.1. The topological polar surface area (TPSA) is 54.9 Å². The number of rotatable bonds is 8. The molecule has 2 aliphatic heterocycles. The van der Waals surface area contributed by atoms with E-state index >= 15 is 4.39 Å². The monoisotopic (exact) mass is 549 g/mol. The zero-order chi connectivity index (χ0) is 28.1. The second-order valence-electron chi connectivity index (χ2n) is 10.8. The Balaban J connectivity index is 1.30. The van der Waals surface area contributed by atoms with E-state index < -0.39 is 11.6 Å². The predicted molar refractivity (Wildman–Crippen MR) is 152 cm³/mol. The number of carbonyl (C=O) groups excluding carboxylic acids is 1. The molecule has 0 saturated carbocycles. The lowest BCUT2D eigenvalue weighted by Crippen LogP contribution is -2.39. The number of aryl methyl sites for hydroxylation is 1. The number of halogens is 2. The third-order valence-corrected chi connectivity index (χ3v) is 8.02. The average Bonchev–Trinajstić information content (AvgIpc) is 2.97. The van der Waals surface area contributed by atoms with Crippen molar-refractivity contribution in [1.82, 2.24) is 9.88 Å². The first kappa shape index (κ1) is 28.0. The molecule has 0 atom stereocenters. The number of nitrogens with zero attached hydrogens (tertiary/aromatic N) is 3. The molecular formula is C32H37F2N3O3. The molecule has 0 N–H and O–H groups in total. The van der Waals surface area contributed by atoms with Gasteiger partial charge in [0.2, 0.25) is 5.91 Å². The van der Waals surface area contributed by atoms with Gasteiger partial charge < -0.3 is 19.3 Å². The van der Waals surface area contributed by atoms with E-state index in [9.17, 15) is 9.18 Å². The number of hydrogen-bond acceptors (Lipinski definition) is 5. The van der Waals surface area contributed by atoms with E-state index in [2.05, 4.69) is 17.0 Å². The van der Waals surface area contributed by atoms with Crippen molar-refractivity contribution in [1.29, 1.82) is 0 Å². The van der Waals surface area contributed by atoms with Gasteiger partial charge in [-0.25, -0.2) is 13.8 Å². The van der Waals surface area contributed by atoms with Gasteiger partial charge in [-0.2, -0.15) is 0 Å². The van der Waals surface area contributed by atoms with Gasteiger partial charge in [0.1, 0.15) is 24.8 Å². The number of hydrogen-bond donors (Lipinski definition) is 0. The van der Waals surface area contributed by atoms with Gasteiger partial charge in [-0.1, -0.05) is 24.3 Å². The molecule has 1 aromatic heterocycles.